The molecule has 27 heavy (non-hydrogen) atoms. The Morgan fingerprint density at radius 2 is 2.00 bits per heavy atom. The average Bonchev–Trinajstić information content (AvgIpc) is 3.13. The van der Waals surface area contributed by atoms with Crippen LogP contribution in [0, 0.1) is 10.1 Å². The Morgan fingerprint density at radius 3 is 2.56 bits per heavy atom. The smallest absolute Gasteiger partial charge is 0.338 e. The lowest BCUT2D eigenvalue weighted by Gasteiger charge is -2.29. The number of carbonyl (C=O) groups is 1. The van der Waals surface area contributed by atoms with E-state index in [1.807, 2.05) is 0 Å². The van der Waals surface area contributed by atoms with Crippen molar-refractivity contribution in [1.29, 1.82) is 0 Å². The number of aromatic nitrogens is 2. The second-order valence-corrected chi connectivity index (χ2v) is 5.65. The highest BCUT2D eigenvalue weighted by Crippen LogP contribution is 2.29. The first-order valence-corrected chi connectivity index (χ1v) is 7.92. The first kappa shape index (κ1) is 18.9. The zero-order valence-corrected chi connectivity index (χ0v) is 13.9. The topological polar surface area (TPSA) is 106 Å². The summed E-state index contributed by atoms with van der Waals surface area (Å²) in [5.74, 6) is -0.533. The average molecular weight is 383 g/mol. The van der Waals surface area contributed by atoms with Crippen LogP contribution in [0.5, 0.6) is 0 Å². The SMILES string of the molecule is O=C(OCC1OCC(n2cc([N+](=O)[O-])c(C(F)F)n2)CO1)c1ccccc1. The molecule has 0 N–H and O–H groups in total. The van der Waals surface area contributed by atoms with Crippen molar-refractivity contribution >= 4 is 11.7 Å². The molecule has 2 aromatic rings. The molecule has 11 heteroatoms. The molecule has 0 amide bonds. The van der Waals surface area contributed by atoms with Crippen molar-refractivity contribution in [2.45, 2.75) is 18.8 Å². The van der Waals surface area contributed by atoms with E-state index < -0.39 is 41.0 Å². The Bertz CT molecular complexity index is 806. The number of esters is 1. The van der Waals surface area contributed by atoms with Gasteiger partial charge in [-0.1, -0.05) is 18.2 Å². The number of hydrogen-bond acceptors (Lipinski definition) is 7. The van der Waals surface area contributed by atoms with Gasteiger partial charge in [-0.25, -0.2) is 13.6 Å². The van der Waals surface area contributed by atoms with E-state index in [9.17, 15) is 23.7 Å². The van der Waals surface area contributed by atoms with Crippen LogP contribution in [0.3, 0.4) is 0 Å². The van der Waals surface area contributed by atoms with Crippen LogP contribution in [0.25, 0.3) is 0 Å². The van der Waals surface area contributed by atoms with Crippen LogP contribution < -0.4 is 0 Å². The Kier molecular flexibility index (Phi) is 5.72. The van der Waals surface area contributed by atoms with Crippen molar-refractivity contribution in [1.82, 2.24) is 9.78 Å². The van der Waals surface area contributed by atoms with Gasteiger partial charge in [0.25, 0.3) is 6.43 Å². The first-order valence-electron chi connectivity index (χ1n) is 7.92. The lowest BCUT2D eigenvalue weighted by molar-refractivity contribution is -0.386. The molecule has 9 nitrogen and oxygen atoms in total. The predicted octanol–water partition coefficient (Wildman–Crippen LogP) is 2.50. The zero-order chi connectivity index (χ0) is 19.4. The highest BCUT2D eigenvalue weighted by atomic mass is 19.3. The number of carbonyl (C=O) groups excluding carboxylic acids is 1. The Balaban J connectivity index is 1.54. The molecule has 0 saturated carbocycles. The van der Waals surface area contributed by atoms with Gasteiger partial charge in [-0.15, -0.1) is 0 Å². The van der Waals surface area contributed by atoms with Gasteiger partial charge in [0.1, 0.15) is 12.8 Å². The Hall–Kier alpha value is -2.92. The largest absolute Gasteiger partial charge is 0.457 e. The fourth-order valence-corrected chi connectivity index (χ4v) is 2.46. The number of ether oxygens (including phenoxy) is 3. The molecule has 1 aromatic carbocycles. The Morgan fingerprint density at radius 1 is 1.33 bits per heavy atom. The van der Waals surface area contributed by atoms with Crippen molar-refractivity contribution in [3.05, 3.63) is 57.9 Å². The van der Waals surface area contributed by atoms with Crippen molar-refractivity contribution in [3.63, 3.8) is 0 Å². The van der Waals surface area contributed by atoms with E-state index in [0.29, 0.717) is 5.56 Å². The van der Waals surface area contributed by atoms with Gasteiger partial charge in [0.05, 0.1) is 29.7 Å². The third-order valence-electron chi connectivity index (χ3n) is 3.83. The fraction of sp³-hybridized carbons (Fsp3) is 0.375. The molecule has 3 rings (SSSR count). The number of rotatable bonds is 6. The summed E-state index contributed by atoms with van der Waals surface area (Å²) < 4.78 is 42.6. The van der Waals surface area contributed by atoms with Gasteiger partial charge >= 0.3 is 11.7 Å². The van der Waals surface area contributed by atoms with Crippen LogP contribution in [0.15, 0.2) is 36.5 Å². The number of halogens is 2. The number of nitro groups is 1. The first-order chi connectivity index (χ1) is 13.0. The van der Waals surface area contributed by atoms with Gasteiger partial charge < -0.3 is 14.2 Å². The van der Waals surface area contributed by atoms with Gasteiger partial charge in [0.15, 0.2) is 6.29 Å². The normalized spacial score (nSPS) is 19.8. The summed E-state index contributed by atoms with van der Waals surface area (Å²) in [6.45, 7) is -0.133. The highest BCUT2D eigenvalue weighted by Gasteiger charge is 2.31. The molecule has 144 valence electrons. The lowest BCUT2D eigenvalue weighted by Crippen LogP contribution is -2.37. The summed E-state index contributed by atoms with van der Waals surface area (Å²) in [4.78, 5) is 21.8. The summed E-state index contributed by atoms with van der Waals surface area (Å²) in [5.41, 5.74) is -1.28. The minimum atomic E-state index is -3.07. The molecule has 1 fully saturated rings. The minimum absolute atomic E-state index is 0.00899. The molecule has 0 bridgehead atoms. The Labute approximate surface area is 151 Å². The second kappa shape index (κ2) is 8.18. The van der Waals surface area contributed by atoms with Crippen LogP contribution in [0.4, 0.5) is 14.5 Å². The van der Waals surface area contributed by atoms with E-state index >= 15 is 0 Å². The van der Waals surface area contributed by atoms with E-state index in [0.717, 1.165) is 10.9 Å². The van der Waals surface area contributed by atoms with Gasteiger partial charge in [-0.2, -0.15) is 5.10 Å². The van der Waals surface area contributed by atoms with Crippen LogP contribution in [0.1, 0.15) is 28.5 Å². The number of hydrogen-bond donors (Lipinski definition) is 0. The molecule has 1 saturated heterocycles. The zero-order valence-electron chi connectivity index (χ0n) is 13.9. The number of nitrogens with zero attached hydrogens (tertiary/aromatic N) is 3. The molecule has 0 radical (unpaired) electrons. The molecular weight excluding hydrogens is 368 g/mol. The fourth-order valence-electron chi connectivity index (χ4n) is 2.46. The van der Waals surface area contributed by atoms with Crippen LogP contribution >= 0.6 is 0 Å². The second-order valence-electron chi connectivity index (χ2n) is 5.65. The summed E-state index contributed by atoms with van der Waals surface area (Å²) in [5, 5.41) is 14.4. The highest BCUT2D eigenvalue weighted by molar-refractivity contribution is 5.89. The maximum atomic E-state index is 12.9. The third kappa shape index (κ3) is 4.44. The molecule has 1 aliphatic rings. The summed E-state index contributed by atoms with van der Waals surface area (Å²) in [6, 6.07) is 7.76. The van der Waals surface area contributed by atoms with Gasteiger partial charge in [0, 0.05) is 0 Å². The number of benzene rings is 1. The third-order valence-corrected chi connectivity index (χ3v) is 3.83. The van der Waals surface area contributed by atoms with Crippen molar-refractivity contribution < 1.29 is 32.7 Å². The molecular formula is C16H15F2N3O6. The summed E-state index contributed by atoms with van der Waals surface area (Å²) >= 11 is 0. The molecule has 0 aliphatic carbocycles. The van der Waals surface area contributed by atoms with E-state index in [-0.39, 0.29) is 19.8 Å². The quantitative estimate of drug-likeness (QED) is 0.429. The molecule has 0 spiro atoms. The van der Waals surface area contributed by atoms with Gasteiger partial charge in [0.2, 0.25) is 5.69 Å². The monoisotopic (exact) mass is 383 g/mol. The van der Waals surface area contributed by atoms with E-state index in [1.165, 1.54) is 0 Å². The van der Waals surface area contributed by atoms with Crippen molar-refractivity contribution in [2.24, 2.45) is 0 Å². The van der Waals surface area contributed by atoms with E-state index in [2.05, 4.69) is 5.10 Å². The number of alkyl halides is 2. The molecule has 1 aliphatic heterocycles. The van der Waals surface area contributed by atoms with Gasteiger partial charge in [-0.3, -0.25) is 14.8 Å². The van der Waals surface area contributed by atoms with Crippen LogP contribution in [0.2, 0.25) is 0 Å². The predicted molar refractivity (Wildman–Crippen MR) is 85.3 cm³/mol. The summed E-state index contributed by atoms with van der Waals surface area (Å²) in [6.07, 6.45) is -2.97. The van der Waals surface area contributed by atoms with E-state index in [1.54, 1.807) is 30.3 Å². The van der Waals surface area contributed by atoms with E-state index in [4.69, 9.17) is 14.2 Å². The minimum Gasteiger partial charge on any atom is -0.457 e. The lowest BCUT2D eigenvalue weighted by atomic mass is 10.2. The van der Waals surface area contributed by atoms with Crippen molar-refractivity contribution in [3.8, 4) is 0 Å². The van der Waals surface area contributed by atoms with Crippen molar-refractivity contribution in [2.75, 3.05) is 19.8 Å². The molecule has 1 aromatic heterocycles. The standard InChI is InChI=1S/C16H15F2N3O6/c17-15(18)14-12(21(23)24)6-20(19-14)11-7-25-13(26-8-11)9-27-16(22)10-4-2-1-3-5-10/h1-6,11,13,15H,7-9H2. The van der Waals surface area contributed by atoms with Crippen LogP contribution in [-0.4, -0.2) is 46.8 Å². The molecule has 0 atom stereocenters. The van der Waals surface area contributed by atoms with Gasteiger partial charge in [-0.05, 0) is 12.1 Å². The molecule has 0 unspecified atom stereocenters. The maximum absolute atomic E-state index is 12.9. The molecule has 2 heterocycles. The van der Waals surface area contributed by atoms with Crippen LogP contribution in [-0.2, 0) is 14.2 Å². The summed E-state index contributed by atoms with van der Waals surface area (Å²) in [7, 11) is 0. The maximum Gasteiger partial charge on any atom is 0.338 e.